The van der Waals surface area contributed by atoms with Gasteiger partial charge >= 0.3 is 0 Å². The molecule has 2 aromatic carbocycles. The van der Waals surface area contributed by atoms with E-state index in [2.05, 4.69) is 5.10 Å². The quantitative estimate of drug-likeness (QED) is 0.440. The van der Waals surface area contributed by atoms with Crippen LogP contribution in [0, 0.1) is 0 Å². The number of methoxy groups -OCH3 is 1. The molecule has 0 aliphatic rings. The van der Waals surface area contributed by atoms with Crippen LogP contribution < -0.4 is 5.56 Å². The average Bonchev–Trinajstić information content (AvgIpc) is 3.32. The average molecular weight is 417 g/mol. The maximum Gasteiger partial charge on any atom is 0.275 e. The van der Waals surface area contributed by atoms with Gasteiger partial charge in [-0.05, 0) is 23.8 Å². The number of fused-ring (bicyclic) bond motifs is 1. The Bertz CT molecular complexity index is 1220. The lowest BCUT2D eigenvalue weighted by molar-refractivity contribution is 0.0660. The zero-order chi connectivity index (χ0) is 21.6. The molecule has 7 nitrogen and oxygen atoms in total. The molecule has 0 radical (unpaired) electrons. The van der Waals surface area contributed by atoms with E-state index in [0.717, 1.165) is 5.56 Å². The molecule has 0 aliphatic carbocycles. The van der Waals surface area contributed by atoms with Crippen molar-refractivity contribution in [3.05, 3.63) is 100 Å². The van der Waals surface area contributed by atoms with Gasteiger partial charge in [-0.2, -0.15) is 5.10 Å². The number of hydrogen-bond donors (Lipinski definition) is 0. The second-order valence-corrected chi connectivity index (χ2v) is 7.14. The number of rotatable bonds is 8. The molecule has 158 valence electrons. The number of ether oxygens (including phenoxy) is 1. The van der Waals surface area contributed by atoms with Crippen LogP contribution in [0.2, 0.25) is 0 Å². The summed E-state index contributed by atoms with van der Waals surface area (Å²) in [7, 11) is 1.59. The van der Waals surface area contributed by atoms with Crippen molar-refractivity contribution in [3.8, 4) is 0 Å². The topological polar surface area (TPSA) is 77.6 Å². The molecule has 0 spiro atoms. The number of carbonyl (C=O) groups excluding carboxylic acids is 1. The Balaban J connectivity index is 1.77. The molecule has 0 atom stereocenters. The highest BCUT2D eigenvalue weighted by Crippen LogP contribution is 2.17. The summed E-state index contributed by atoms with van der Waals surface area (Å²) < 4.78 is 12.0. The highest BCUT2D eigenvalue weighted by molar-refractivity contribution is 6.04. The van der Waals surface area contributed by atoms with Gasteiger partial charge in [-0.25, -0.2) is 4.68 Å². The third-order valence-electron chi connectivity index (χ3n) is 5.02. The molecule has 2 heterocycles. The SMILES string of the molecule is COCCN(Cc1ccco1)C(=O)c1nn(Cc2ccccc2)c(=O)c2ccccc12. The van der Waals surface area contributed by atoms with Crippen LogP contribution in [0.5, 0.6) is 0 Å². The van der Waals surface area contributed by atoms with Crippen LogP contribution >= 0.6 is 0 Å². The fourth-order valence-corrected chi connectivity index (χ4v) is 3.45. The highest BCUT2D eigenvalue weighted by Gasteiger charge is 2.23. The first kappa shape index (κ1) is 20.6. The summed E-state index contributed by atoms with van der Waals surface area (Å²) in [6.45, 7) is 1.29. The van der Waals surface area contributed by atoms with Crippen LogP contribution in [0.15, 0.2) is 82.2 Å². The van der Waals surface area contributed by atoms with E-state index >= 15 is 0 Å². The third-order valence-corrected chi connectivity index (χ3v) is 5.02. The molecule has 0 aliphatic heterocycles. The Labute approximate surface area is 179 Å². The number of amides is 1. The zero-order valence-electron chi connectivity index (χ0n) is 17.2. The zero-order valence-corrected chi connectivity index (χ0v) is 17.2. The Hall–Kier alpha value is -3.71. The summed E-state index contributed by atoms with van der Waals surface area (Å²) >= 11 is 0. The second kappa shape index (κ2) is 9.40. The van der Waals surface area contributed by atoms with Gasteiger partial charge in [0.2, 0.25) is 0 Å². The fourth-order valence-electron chi connectivity index (χ4n) is 3.45. The van der Waals surface area contributed by atoms with Gasteiger partial charge in [0.15, 0.2) is 5.69 Å². The van der Waals surface area contributed by atoms with Gasteiger partial charge in [-0.1, -0.05) is 48.5 Å². The molecule has 0 unspecified atom stereocenters. The molecule has 0 saturated carbocycles. The summed E-state index contributed by atoms with van der Waals surface area (Å²) in [5.74, 6) is 0.373. The predicted molar refractivity (Wildman–Crippen MR) is 117 cm³/mol. The molecule has 0 fully saturated rings. The monoisotopic (exact) mass is 417 g/mol. The second-order valence-electron chi connectivity index (χ2n) is 7.14. The van der Waals surface area contributed by atoms with Gasteiger partial charge in [-0.15, -0.1) is 0 Å². The van der Waals surface area contributed by atoms with E-state index in [1.807, 2.05) is 36.4 Å². The molecule has 0 saturated heterocycles. The Morgan fingerprint density at radius 3 is 2.48 bits per heavy atom. The molecule has 31 heavy (non-hydrogen) atoms. The van der Waals surface area contributed by atoms with Crippen LogP contribution in [0.1, 0.15) is 21.8 Å². The number of carbonyl (C=O) groups is 1. The Morgan fingerprint density at radius 1 is 1.03 bits per heavy atom. The molecule has 0 bridgehead atoms. The summed E-state index contributed by atoms with van der Waals surface area (Å²) in [4.78, 5) is 28.2. The van der Waals surface area contributed by atoms with E-state index in [4.69, 9.17) is 9.15 Å². The first-order valence-electron chi connectivity index (χ1n) is 10.0. The molecule has 0 N–H and O–H groups in total. The molecule has 1 amide bonds. The van der Waals surface area contributed by atoms with Crippen LogP contribution in [0.4, 0.5) is 0 Å². The van der Waals surface area contributed by atoms with Gasteiger partial charge in [0.25, 0.3) is 11.5 Å². The van der Waals surface area contributed by atoms with E-state index in [1.54, 1.807) is 48.6 Å². The Morgan fingerprint density at radius 2 is 1.77 bits per heavy atom. The standard InChI is InChI=1S/C24H23N3O4/c1-30-15-13-26(17-19-10-7-14-31-19)24(29)22-20-11-5-6-12-21(20)23(28)27(25-22)16-18-8-3-2-4-9-18/h2-12,14H,13,15-17H2,1H3. The minimum Gasteiger partial charge on any atom is -0.467 e. The summed E-state index contributed by atoms with van der Waals surface area (Å²) in [6, 6.07) is 20.2. The predicted octanol–water partition coefficient (Wildman–Crippen LogP) is 3.33. The van der Waals surface area contributed by atoms with Crippen LogP contribution in [0.3, 0.4) is 0 Å². The van der Waals surface area contributed by atoms with Crippen molar-refractivity contribution in [2.45, 2.75) is 13.1 Å². The van der Waals surface area contributed by atoms with Crippen molar-refractivity contribution < 1.29 is 13.9 Å². The van der Waals surface area contributed by atoms with Gasteiger partial charge < -0.3 is 14.1 Å². The van der Waals surface area contributed by atoms with Crippen LogP contribution in [-0.4, -0.2) is 40.8 Å². The number of hydrogen-bond acceptors (Lipinski definition) is 5. The molecular formula is C24H23N3O4. The van der Waals surface area contributed by atoms with Crippen molar-refractivity contribution in [1.29, 1.82) is 0 Å². The van der Waals surface area contributed by atoms with Crippen LogP contribution in [-0.2, 0) is 17.8 Å². The van der Waals surface area contributed by atoms with E-state index in [-0.39, 0.29) is 30.2 Å². The lowest BCUT2D eigenvalue weighted by atomic mass is 10.1. The van der Waals surface area contributed by atoms with E-state index in [9.17, 15) is 9.59 Å². The Kier molecular flexibility index (Phi) is 6.24. The lowest BCUT2D eigenvalue weighted by Crippen LogP contribution is -2.36. The van der Waals surface area contributed by atoms with Crippen molar-refractivity contribution in [2.75, 3.05) is 20.3 Å². The van der Waals surface area contributed by atoms with E-state index in [0.29, 0.717) is 29.7 Å². The maximum atomic E-state index is 13.6. The van der Waals surface area contributed by atoms with Gasteiger partial charge in [0.1, 0.15) is 5.76 Å². The highest BCUT2D eigenvalue weighted by atomic mass is 16.5. The minimum absolute atomic E-state index is 0.230. The maximum absolute atomic E-state index is 13.6. The number of nitrogens with zero attached hydrogens (tertiary/aromatic N) is 3. The van der Waals surface area contributed by atoms with E-state index < -0.39 is 0 Å². The third kappa shape index (κ3) is 4.57. The van der Waals surface area contributed by atoms with Crippen molar-refractivity contribution in [3.63, 3.8) is 0 Å². The summed E-state index contributed by atoms with van der Waals surface area (Å²) in [5.41, 5.74) is 0.928. The lowest BCUT2D eigenvalue weighted by Gasteiger charge is -2.22. The van der Waals surface area contributed by atoms with Crippen molar-refractivity contribution in [2.24, 2.45) is 0 Å². The molecule has 4 aromatic rings. The first-order chi connectivity index (χ1) is 15.2. The molecule has 4 rings (SSSR count). The first-order valence-corrected chi connectivity index (χ1v) is 10.0. The van der Waals surface area contributed by atoms with Gasteiger partial charge in [-0.3, -0.25) is 9.59 Å². The molecule has 7 heteroatoms. The smallest absolute Gasteiger partial charge is 0.275 e. The van der Waals surface area contributed by atoms with Crippen molar-refractivity contribution >= 4 is 16.7 Å². The number of aromatic nitrogens is 2. The largest absolute Gasteiger partial charge is 0.467 e. The molecular weight excluding hydrogens is 394 g/mol. The normalized spacial score (nSPS) is 11.0. The number of benzene rings is 2. The fraction of sp³-hybridized carbons (Fsp3) is 0.208. The van der Waals surface area contributed by atoms with Crippen LogP contribution in [0.25, 0.3) is 10.8 Å². The van der Waals surface area contributed by atoms with Gasteiger partial charge in [0.05, 0.1) is 31.3 Å². The van der Waals surface area contributed by atoms with Gasteiger partial charge in [0, 0.05) is 19.0 Å². The minimum atomic E-state index is -0.286. The summed E-state index contributed by atoms with van der Waals surface area (Å²) in [6.07, 6.45) is 1.57. The van der Waals surface area contributed by atoms with Crippen molar-refractivity contribution in [1.82, 2.24) is 14.7 Å². The molecule has 2 aromatic heterocycles. The number of furan rings is 1. The summed E-state index contributed by atoms with van der Waals surface area (Å²) in [5, 5.41) is 5.49. The van der Waals surface area contributed by atoms with E-state index in [1.165, 1.54) is 4.68 Å².